The van der Waals surface area contributed by atoms with E-state index in [1.54, 1.807) is 7.11 Å². The van der Waals surface area contributed by atoms with Gasteiger partial charge in [-0.3, -0.25) is 10.1 Å². The predicted octanol–water partition coefficient (Wildman–Crippen LogP) is 4.67. The summed E-state index contributed by atoms with van der Waals surface area (Å²) in [5.41, 5.74) is 2.81. The van der Waals surface area contributed by atoms with Gasteiger partial charge in [-0.25, -0.2) is 15.0 Å². The molecule has 0 aliphatic rings. The number of nitrogens with one attached hydrogen (secondary N) is 1. The number of nitrogens with zero attached hydrogens (tertiary/aromatic N) is 4. The van der Waals surface area contributed by atoms with Crippen LogP contribution in [0, 0.1) is 6.92 Å². The minimum Gasteiger partial charge on any atom is -0.496 e. The summed E-state index contributed by atoms with van der Waals surface area (Å²) in [6, 6.07) is 5.87. The zero-order valence-corrected chi connectivity index (χ0v) is 18.3. The highest BCUT2D eigenvalue weighted by Crippen LogP contribution is 2.33. The van der Waals surface area contributed by atoms with Gasteiger partial charge in [0.1, 0.15) is 5.75 Å². The van der Waals surface area contributed by atoms with E-state index in [-0.39, 0.29) is 10.7 Å². The number of benzene rings is 1. The Kier molecular flexibility index (Phi) is 6.66. The first-order valence-corrected chi connectivity index (χ1v) is 10.4. The summed E-state index contributed by atoms with van der Waals surface area (Å²) in [6.45, 7) is 7.46. The van der Waals surface area contributed by atoms with Crippen LogP contribution in [-0.4, -0.2) is 41.1 Å². The molecule has 29 heavy (non-hydrogen) atoms. The molecule has 2 aromatic heterocycles. The molecule has 0 bridgehead atoms. The van der Waals surface area contributed by atoms with E-state index in [4.69, 9.17) is 16.3 Å². The van der Waals surface area contributed by atoms with Crippen molar-refractivity contribution in [2.24, 2.45) is 0 Å². The van der Waals surface area contributed by atoms with E-state index in [0.717, 1.165) is 35.7 Å². The van der Waals surface area contributed by atoms with Crippen molar-refractivity contribution in [3.63, 3.8) is 0 Å². The van der Waals surface area contributed by atoms with Crippen molar-refractivity contribution < 1.29 is 9.53 Å². The normalized spacial score (nSPS) is 10.7. The summed E-state index contributed by atoms with van der Waals surface area (Å²) in [5.74, 6) is 0.762. The lowest BCUT2D eigenvalue weighted by atomic mass is 10.1. The third kappa shape index (κ3) is 4.65. The fraction of sp³-hybridized carbons (Fsp3) is 0.300. The monoisotopic (exact) mass is 431 g/mol. The number of rotatable bonds is 7. The lowest BCUT2D eigenvalue weighted by Gasteiger charge is -2.18. The quantitative estimate of drug-likeness (QED) is 0.585. The zero-order valence-electron chi connectivity index (χ0n) is 16.7. The maximum atomic E-state index is 12.7. The number of carbonyl (C=O) groups excluding carboxylic acids is 1. The number of ether oxygens (including phenoxy) is 1. The summed E-state index contributed by atoms with van der Waals surface area (Å²) in [7, 11) is 1.62. The number of aromatic nitrogens is 3. The summed E-state index contributed by atoms with van der Waals surface area (Å²) in [5, 5.41) is 5.29. The summed E-state index contributed by atoms with van der Waals surface area (Å²) >= 11 is 7.49. The molecule has 3 rings (SSSR count). The van der Waals surface area contributed by atoms with Crippen molar-refractivity contribution in [3.8, 4) is 17.0 Å². The number of carbonyl (C=O) groups is 1. The predicted molar refractivity (Wildman–Crippen MR) is 117 cm³/mol. The van der Waals surface area contributed by atoms with Crippen LogP contribution in [0.15, 0.2) is 29.8 Å². The molecule has 0 spiro atoms. The van der Waals surface area contributed by atoms with E-state index in [1.165, 1.54) is 17.5 Å². The largest absolute Gasteiger partial charge is 0.496 e. The standard InChI is InChI=1S/C20H22ClN5O2S/c1-5-26(6-2)19-22-10-14(21)17(24-19)18(27)25-20-23-15(11-29-20)13-9-12(3)7-8-16(13)28-4/h7-11H,5-6H2,1-4H3,(H,23,25,27). The third-order valence-electron chi connectivity index (χ3n) is 4.35. The van der Waals surface area contributed by atoms with Crippen molar-refractivity contribution in [2.75, 3.05) is 30.4 Å². The Balaban J connectivity index is 1.84. The van der Waals surface area contributed by atoms with Crippen LogP contribution in [0.25, 0.3) is 11.3 Å². The number of aryl methyl sites for hydroxylation is 1. The topological polar surface area (TPSA) is 80.2 Å². The molecular formula is C20H22ClN5O2S. The van der Waals surface area contributed by atoms with Gasteiger partial charge in [-0.2, -0.15) is 0 Å². The summed E-state index contributed by atoms with van der Waals surface area (Å²) in [4.78, 5) is 27.8. The average molecular weight is 432 g/mol. The van der Waals surface area contributed by atoms with Gasteiger partial charge in [0.2, 0.25) is 5.95 Å². The first kappa shape index (κ1) is 21.0. The molecule has 0 saturated carbocycles. The lowest BCUT2D eigenvalue weighted by Crippen LogP contribution is -2.25. The number of hydrogen-bond acceptors (Lipinski definition) is 7. The Hall–Kier alpha value is -2.71. The van der Waals surface area contributed by atoms with Crippen LogP contribution in [0.5, 0.6) is 5.75 Å². The Labute approximate surface area is 178 Å². The Morgan fingerprint density at radius 3 is 2.72 bits per heavy atom. The molecule has 3 aromatic rings. The average Bonchev–Trinajstić information content (AvgIpc) is 3.18. The molecule has 9 heteroatoms. The van der Waals surface area contributed by atoms with Crippen LogP contribution in [0.2, 0.25) is 5.02 Å². The Morgan fingerprint density at radius 2 is 2.03 bits per heavy atom. The van der Waals surface area contributed by atoms with Gasteiger partial charge in [0, 0.05) is 24.0 Å². The third-order valence-corrected chi connectivity index (χ3v) is 5.38. The van der Waals surface area contributed by atoms with Gasteiger partial charge in [-0.05, 0) is 32.9 Å². The highest BCUT2D eigenvalue weighted by Gasteiger charge is 2.18. The smallest absolute Gasteiger partial charge is 0.277 e. The minimum atomic E-state index is -0.428. The SMILES string of the molecule is CCN(CC)c1ncc(Cl)c(C(=O)Nc2nc(-c3cc(C)ccc3OC)cs2)n1. The van der Waals surface area contributed by atoms with Crippen LogP contribution in [0.3, 0.4) is 0 Å². The van der Waals surface area contributed by atoms with Gasteiger partial charge in [-0.1, -0.05) is 23.2 Å². The van der Waals surface area contributed by atoms with Crippen LogP contribution < -0.4 is 15.0 Å². The molecule has 0 aliphatic carbocycles. The van der Waals surface area contributed by atoms with Crippen molar-refractivity contribution in [1.29, 1.82) is 0 Å². The highest BCUT2D eigenvalue weighted by atomic mass is 35.5. The fourth-order valence-corrected chi connectivity index (χ4v) is 3.69. The second kappa shape index (κ2) is 9.19. The number of thiazole rings is 1. The van der Waals surface area contributed by atoms with Crippen molar-refractivity contribution >= 4 is 39.9 Å². The van der Waals surface area contributed by atoms with Gasteiger partial charge in [0.15, 0.2) is 10.8 Å². The van der Waals surface area contributed by atoms with Crippen LogP contribution >= 0.6 is 22.9 Å². The molecule has 1 N–H and O–H groups in total. The second-order valence-corrected chi connectivity index (χ2v) is 7.50. The molecule has 0 fully saturated rings. The number of amides is 1. The molecule has 0 unspecified atom stereocenters. The Morgan fingerprint density at radius 1 is 1.28 bits per heavy atom. The molecule has 1 aromatic carbocycles. The van der Waals surface area contributed by atoms with E-state index < -0.39 is 5.91 Å². The van der Waals surface area contributed by atoms with Gasteiger partial charge in [0.25, 0.3) is 5.91 Å². The van der Waals surface area contributed by atoms with Crippen molar-refractivity contribution in [1.82, 2.24) is 15.0 Å². The van der Waals surface area contributed by atoms with Gasteiger partial charge < -0.3 is 9.64 Å². The van der Waals surface area contributed by atoms with Gasteiger partial charge >= 0.3 is 0 Å². The lowest BCUT2D eigenvalue weighted by molar-refractivity contribution is 0.102. The number of hydrogen-bond donors (Lipinski definition) is 1. The molecular weight excluding hydrogens is 410 g/mol. The minimum absolute atomic E-state index is 0.119. The van der Waals surface area contributed by atoms with Gasteiger partial charge in [0.05, 0.1) is 24.0 Å². The number of methoxy groups -OCH3 is 1. The molecule has 7 nitrogen and oxygen atoms in total. The molecule has 2 heterocycles. The summed E-state index contributed by atoms with van der Waals surface area (Å²) < 4.78 is 5.43. The first-order valence-electron chi connectivity index (χ1n) is 9.16. The number of anilines is 2. The summed E-state index contributed by atoms with van der Waals surface area (Å²) in [6.07, 6.45) is 1.45. The molecule has 0 saturated heterocycles. The van der Waals surface area contributed by atoms with E-state index in [2.05, 4.69) is 20.3 Å². The highest BCUT2D eigenvalue weighted by molar-refractivity contribution is 7.14. The number of halogens is 1. The van der Waals surface area contributed by atoms with E-state index >= 15 is 0 Å². The fourth-order valence-electron chi connectivity index (χ4n) is 2.81. The van der Waals surface area contributed by atoms with Gasteiger partial charge in [-0.15, -0.1) is 11.3 Å². The van der Waals surface area contributed by atoms with E-state index in [0.29, 0.717) is 11.1 Å². The molecule has 152 valence electrons. The molecule has 0 aliphatic heterocycles. The maximum absolute atomic E-state index is 12.7. The van der Waals surface area contributed by atoms with Crippen LogP contribution in [-0.2, 0) is 0 Å². The van der Waals surface area contributed by atoms with Crippen molar-refractivity contribution in [2.45, 2.75) is 20.8 Å². The zero-order chi connectivity index (χ0) is 21.0. The van der Waals surface area contributed by atoms with Crippen molar-refractivity contribution in [3.05, 3.63) is 46.1 Å². The second-order valence-electron chi connectivity index (χ2n) is 6.23. The first-order chi connectivity index (χ1) is 14.0. The maximum Gasteiger partial charge on any atom is 0.277 e. The molecule has 0 radical (unpaired) electrons. The van der Waals surface area contributed by atoms with Crippen LogP contribution in [0.1, 0.15) is 29.9 Å². The molecule has 0 atom stereocenters. The Bertz CT molecular complexity index is 1020. The van der Waals surface area contributed by atoms with E-state index in [1.807, 2.05) is 49.3 Å². The molecule has 1 amide bonds. The van der Waals surface area contributed by atoms with E-state index in [9.17, 15) is 4.79 Å². The van der Waals surface area contributed by atoms with Crippen LogP contribution in [0.4, 0.5) is 11.1 Å².